The Kier molecular flexibility index (Phi) is 12.6. The lowest BCUT2D eigenvalue weighted by Crippen LogP contribution is -2.52. The number of aryl methyl sites for hydroxylation is 2. The van der Waals surface area contributed by atoms with Gasteiger partial charge in [-0.05, 0) is 179 Å². The Bertz CT molecular complexity index is 3120. The predicted octanol–water partition coefficient (Wildman–Crippen LogP) is 9.34. The number of fused-ring (bicyclic) bond motifs is 3. The number of aromatic amines is 1. The van der Waals surface area contributed by atoms with Crippen LogP contribution in [0.4, 0.5) is 29.6 Å². The molecule has 3 N–H and O–H groups in total. The molecule has 0 unspecified atom stereocenters. The molecule has 73 heavy (non-hydrogen) atoms. The lowest BCUT2D eigenvalue weighted by molar-refractivity contribution is -0.120. The number of benzene rings is 3. The third kappa shape index (κ3) is 9.06. The Morgan fingerprint density at radius 1 is 0.890 bits per heavy atom. The number of anilines is 2. The molecule has 1 atom stereocenters. The highest BCUT2D eigenvalue weighted by molar-refractivity contribution is 6.09. The van der Waals surface area contributed by atoms with Crippen molar-refractivity contribution in [3.63, 3.8) is 0 Å². The molecule has 3 amide bonds. The highest BCUT2D eigenvalue weighted by Gasteiger charge is 2.49. The number of hydrogen-bond donors (Lipinski definition) is 3. The number of piperidine rings is 3. The Hall–Kier alpha value is -5.91. The van der Waals surface area contributed by atoms with Crippen molar-refractivity contribution in [1.29, 1.82) is 0 Å². The van der Waals surface area contributed by atoms with Crippen LogP contribution in [0.1, 0.15) is 107 Å². The minimum Gasteiger partial charge on any atom is -0.463 e. The van der Waals surface area contributed by atoms with Gasteiger partial charge >= 0.3 is 12.0 Å². The highest BCUT2D eigenvalue weighted by Crippen LogP contribution is 2.58. The van der Waals surface area contributed by atoms with Gasteiger partial charge in [-0.3, -0.25) is 25.1 Å². The smallest absolute Gasteiger partial charge is 0.329 e. The summed E-state index contributed by atoms with van der Waals surface area (Å²) in [4.78, 5) is 47.5. The van der Waals surface area contributed by atoms with Gasteiger partial charge in [0.25, 0.3) is 0 Å². The fourth-order valence-electron chi connectivity index (χ4n) is 13.4. The third-order valence-electron chi connectivity index (χ3n) is 17.6. The Morgan fingerprint density at radius 3 is 2.45 bits per heavy atom. The third-order valence-corrected chi connectivity index (χ3v) is 17.6. The topological polar surface area (TPSA) is 156 Å². The van der Waals surface area contributed by atoms with Crippen LogP contribution in [-0.4, -0.2) is 124 Å². The number of aromatic nitrogens is 5. The summed E-state index contributed by atoms with van der Waals surface area (Å²) in [6, 6.07) is 10.6. The van der Waals surface area contributed by atoms with Crippen LogP contribution in [0.15, 0.2) is 42.6 Å². The van der Waals surface area contributed by atoms with Gasteiger partial charge in [0.15, 0.2) is 11.6 Å². The number of halogens is 3. The van der Waals surface area contributed by atoms with Gasteiger partial charge in [0.2, 0.25) is 5.91 Å². The molecule has 384 valence electrons. The lowest BCUT2D eigenvalue weighted by Gasteiger charge is -2.54. The van der Waals surface area contributed by atoms with Gasteiger partial charge in [0, 0.05) is 67.8 Å². The molecule has 2 aliphatic carbocycles. The van der Waals surface area contributed by atoms with Gasteiger partial charge in [-0.1, -0.05) is 19.1 Å². The number of aliphatic hydroxyl groups is 1. The van der Waals surface area contributed by atoms with E-state index in [1.165, 1.54) is 17.0 Å². The largest absolute Gasteiger partial charge is 0.463 e. The van der Waals surface area contributed by atoms with E-state index in [-0.39, 0.29) is 77.0 Å². The summed E-state index contributed by atoms with van der Waals surface area (Å²) >= 11 is 0. The Balaban J connectivity index is 0.688. The summed E-state index contributed by atoms with van der Waals surface area (Å²) in [5.41, 5.74) is 3.85. The first-order valence-electron chi connectivity index (χ1n) is 26.7. The normalized spacial score (nSPS) is 21.9. The van der Waals surface area contributed by atoms with E-state index in [9.17, 15) is 14.7 Å². The number of rotatable bonds is 13. The molecule has 6 aliphatic rings. The molecule has 17 heteroatoms. The van der Waals surface area contributed by atoms with Crippen LogP contribution in [0, 0.1) is 41.1 Å². The van der Waals surface area contributed by atoms with Crippen LogP contribution in [0.5, 0.6) is 6.01 Å². The average Bonchev–Trinajstić information content (AvgIpc) is 4.03. The summed E-state index contributed by atoms with van der Waals surface area (Å²) in [6.07, 6.45) is 13.4. The summed E-state index contributed by atoms with van der Waals surface area (Å²) < 4.78 is 54.9. The van der Waals surface area contributed by atoms with Crippen molar-refractivity contribution < 1.29 is 32.6 Å². The Labute approximate surface area is 423 Å². The van der Waals surface area contributed by atoms with E-state index in [2.05, 4.69) is 30.2 Å². The number of H-pyrrole nitrogens is 1. The first kappa shape index (κ1) is 48.1. The van der Waals surface area contributed by atoms with E-state index >= 15 is 13.2 Å². The number of nitrogens with zero attached hydrogens (tertiary/aromatic N) is 8. The van der Waals surface area contributed by atoms with Gasteiger partial charge in [-0.25, -0.2) is 18.0 Å². The van der Waals surface area contributed by atoms with E-state index in [0.29, 0.717) is 82.0 Å². The van der Waals surface area contributed by atoms with Crippen LogP contribution in [-0.2, 0) is 11.2 Å². The first-order chi connectivity index (χ1) is 35.4. The first-order valence-corrected chi connectivity index (χ1v) is 26.7. The molecule has 6 aromatic rings. The molecule has 7 heterocycles. The number of carbonyl (C=O) groups is 2. The molecular weight excluding hydrogens is 934 g/mol. The molecule has 1 spiro atoms. The van der Waals surface area contributed by atoms with Crippen LogP contribution >= 0.6 is 0 Å². The number of imide groups is 1. The van der Waals surface area contributed by atoms with Crippen LogP contribution in [0.25, 0.3) is 43.8 Å². The molecule has 3 aromatic carbocycles. The average molecular weight is 999 g/mol. The highest BCUT2D eigenvalue weighted by atomic mass is 19.1. The molecule has 0 radical (unpaired) electrons. The van der Waals surface area contributed by atoms with Crippen LogP contribution in [0.3, 0.4) is 0 Å². The minimum atomic E-state index is -0.583. The van der Waals surface area contributed by atoms with Gasteiger partial charge in [0.05, 0.1) is 17.5 Å². The summed E-state index contributed by atoms with van der Waals surface area (Å²) in [6.45, 7) is 11.1. The maximum atomic E-state index is 17.3. The van der Waals surface area contributed by atoms with Gasteiger partial charge in [0.1, 0.15) is 28.7 Å². The van der Waals surface area contributed by atoms with Crippen LogP contribution in [0.2, 0.25) is 0 Å². The number of pyridine rings is 1. The molecular formula is C56H65F3N10O4. The zero-order valence-corrected chi connectivity index (χ0v) is 41.9. The molecule has 2 saturated carbocycles. The molecule has 6 fully saturated rings. The van der Waals surface area contributed by atoms with Crippen molar-refractivity contribution in [2.75, 3.05) is 75.4 Å². The van der Waals surface area contributed by atoms with Crippen molar-refractivity contribution in [3.05, 3.63) is 76.7 Å². The fraction of sp³-hybridized carbons (Fsp3) is 0.536. The van der Waals surface area contributed by atoms with E-state index in [4.69, 9.17) is 19.7 Å². The summed E-state index contributed by atoms with van der Waals surface area (Å²) in [7, 11) is 0. The lowest BCUT2D eigenvalue weighted by atomic mass is 9.56. The number of hydrogen-bond acceptors (Lipinski definition) is 11. The van der Waals surface area contributed by atoms with E-state index < -0.39 is 11.8 Å². The van der Waals surface area contributed by atoms with Crippen molar-refractivity contribution in [2.24, 2.45) is 16.7 Å². The van der Waals surface area contributed by atoms with Crippen molar-refractivity contribution in [1.82, 2.24) is 40.3 Å². The van der Waals surface area contributed by atoms with Gasteiger partial charge in [-0.2, -0.15) is 15.1 Å². The fourth-order valence-corrected chi connectivity index (χ4v) is 13.4. The van der Waals surface area contributed by atoms with E-state index in [0.717, 1.165) is 114 Å². The number of carbonyl (C=O) groups excluding carboxylic acids is 2. The molecule has 14 nitrogen and oxygen atoms in total. The Morgan fingerprint density at radius 2 is 1.70 bits per heavy atom. The predicted molar refractivity (Wildman–Crippen MR) is 274 cm³/mol. The number of likely N-dealkylation sites (tertiary alicyclic amines) is 2. The number of amides is 3. The zero-order chi connectivity index (χ0) is 50.2. The second-order valence-corrected chi connectivity index (χ2v) is 22.4. The monoisotopic (exact) mass is 999 g/mol. The quantitative estimate of drug-likeness (QED) is 0.101. The number of ether oxygens (including phenoxy) is 1. The molecule has 12 rings (SSSR count). The molecule has 4 aliphatic heterocycles. The molecule has 3 aromatic heterocycles. The van der Waals surface area contributed by atoms with Gasteiger partial charge < -0.3 is 24.5 Å². The standard InChI is InChI=1S/C56H65F3N10O4/c1-3-38-43(57)7-6-35-23-33(2)24-41(47(35)38)49-48(59)50-42(29-60-49)51(68-16-4-5-34(30-68)11-22-70)63-53(62-50)73-32-56(12-13-56)31-66-17-8-37(9-18-66)67-20-14-55(15-21-67)27-36(28-55)39-26-45-40(25-44(39)58)52(65-64-45)69-19-10-46(71)61-54(69)72/h6-7,23-26,29,34,36-37,70H,3-5,8-22,27-28,30-32H2,1-2H3,(H,64,65)(H,61,71,72)/t34-/m1/s1. The van der Waals surface area contributed by atoms with E-state index in [1.54, 1.807) is 12.3 Å². The van der Waals surface area contributed by atoms with E-state index in [1.807, 2.05) is 32.0 Å². The summed E-state index contributed by atoms with van der Waals surface area (Å²) in [5.74, 6) is -0.153. The zero-order valence-electron chi connectivity index (χ0n) is 41.9. The van der Waals surface area contributed by atoms with Crippen LogP contribution < -0.4 is 19.9 Å². The number of nitrogens with one attached hydrogen (secondary N) is 2. The maximum Gasteiger partial charge on any atom is 0.329 e. The second-order valence-electron chi connectivity index (χ2n) is 22.4. The number of aliphatic hydroxyl groups excluding tert-OH is 1. The molecule has 4 saturated heterocycles. The molecule has 0 bridgehead atoms. The number of urea groups is 1. The maximum absolute atomic E-state index is 17.3. The van der Waals surface area contributed by atoms with Crippen molar-refractivity contribution in [2.45, 2.75) is 109 Å². The van der Waals surface area contributed by atoms with Gasteiger partial charge in [-0.15, -0.1) is 0 Å². The summed E-state index contributed by atoms with van der Waals surface area (Å²) in [5, 5.41) is 22.0. The minimum absolute atomic E-state index is 0.0286. The second kappa shape index (κ2) is 19.1. The van der Waals surface area contributed by atoms with Crippen molar-refractivity contribution in [3.8, 4) is 17.3 Å². The van der Waals surface area contributed by atoms with Crippen molar-refractivity contribution >= 4 is 56.2 Å². The SMILES string of the molecule is CCc1c(F)ccc2cc(C)cc(-c3ncc4c(N5CCC[C@H](CCO)C5)nc(OCC5(CN6CCC(N7CCC8(CC7)CC(c7cc9[nH]nc(N%10CCC(=O)NC%10=O)c9cc7F)C8)CC6)CC5)nc4c3F)c12.